The van der Waals surface area contributed by atoms with E-state index in [4.69, 9.17) is 9.47 Å². The maximum absolute atomic E-state index is 12.4. The van der Waals surface area contributed by atoms with Gasteiger partial charge >= 0.3 is 0 Å². The van der Waals surface area contributed by atoms with Gasteiger partial charge in [0.1, 0.15) is 0 Å². The van der Waals surface area contributed by atoms with Crippen LogP contribution in [0.4, 0.5) is 11.6 Å². The fourth-order valence-corrected chi connectivity index (χ4v) is 2.73. The van der Waals surface area contributed by atoms with Crippen LogP contribution in [-0.4, -0.2) is 22.7 Å². The molecule has 27 heavy (non-hydrogen) atoms. The van der Waals surface area contributed by atoms with E-state index in [-0.39, 0.29) is 12.7 Å². The number of hydrogen-bond acceptors (Lipinski definition) is 6. The highest BCUT2D eigenvalue weighted by Crippen LogP contribution is 2.32. The van der Waals surface area contributed by atoms with E-state index < -0.39 is 0 Å². The van der Waals surface area contributed by atoms with Gasteiger partial charge in [-0.1, -0.05) is 24.3 Å². The lowest BCUT2D eigenvalue weighted by molar-refractivity contribution is 0.102. The Morgan fingerprint density at radius 3 is 2.74 bits per heavy atom. The fourth-order valence-electron chi connectivity index (χ4n) is 2.73. The number of aryl methyl sites for hydroxylation is 1. The summed E-state index contributed by atoms with van der Waals surface area (Å²) in [5.41, 5.74) is 2.79. The monoisotopic (exact) mass is 362 g/mol. The van der Waals surface area contributed by atoms with Crippen molar-refractivity contribution in [1.82, 2.24) is 9.97 Å². The highest BCUT2D eigenvalue weighted by Gasteiger charge is 2.14. The third kappa shape index (κ3) is 3.82. The summed E-state index contributed by atoms with van der Waals surface area (Å²) < 4.78 is 10.7. The van der Waals surface area contributed by atoms with E-state index in [9.17, 15) is 4.79 Å². The summed E-state index contributed by atoms with van der Waals surface area (Å²) in [7, 11) is 0. The molecule has 0 atom stereocenters. The van der Waals surface area contributed by atoms with Gasteiger partial charge in [-0.3, -0.25) is 4.79 Å². The number of para-hydroxylation sites is 1. The number of fused-ring (bicyclic) bond motifs is 1. The molecule has 4 rings (SSSR count). The lowest BCUT2D eigenvalue weighted by atomic mass is 10.2. The Balaban J connectivity index is 1.41. The summed E-state index contributed by atoms with van der Waals surface area (Å²) in [5.74, 6) is 1.71. The molecular formula is C20H18N4O3. The predicted molar refractivity (Wildman–Crippen MR) is 101 cm³/mol. The molecule has 0 radical (unpaired) electrons. The minimum absolute atomic E-state index is 0.235. The van der Waals surface area contributed by atoms with E-state index in [1.165, 1.54) is 6.20 Å². The summed E-state index contributed by atoms with van der Waals surface area (Å²) >= 11 is 0. The first-order chi connectivity index (χ1) is 13.2. The number of amides is 1. The van der Waals surface area contributed by atoms with Crippen molar-refractivity contribution in [3.8, 4) is 11.5 Å². The van der Waals surface area contributed by atoms with Crippen LogP contribution in [0.1, 0.15) is 21.6 Å². The van der Waals surface area contributed by atoms with E-state index in [0.29, 0.717) is 23.8 Å². The molecule has 1 aliphatic heterocycles. The number of carbonyl (C=O) groups is 1. The average molecular weight is 362 g/mol. The quantitative estimate of drug-likeness (QED) is 0.724. The summed E-state index contributed by atoms with van der Waals surface area (Å²) in [6.07, 6.45) is 1.53. The molecule has 0 aliphatic carbocycles. The molecule has 0 bridgehead atoms. The van der Waals surface area contributed by atoms with Crippen LogP contribution in [-0.2, 0) is 6.54 Å². The Hall–Kier alpha value is -3.61. The molecule has 2 N–H and O–H groups in total. The van der Waals surface area contributed by atoms with Crippen molar-refractivity contribution >= 4 is 17.5 Å². The number of nitrogens with zero attached hydrogens (tertiary/aromatic N) is 2. The first-order valence-electron chi connectivity index (χ1n) is 8.51. The van der Waals surface area contributed by atoms with Crippen LogP contribution in [0.5, 0.6) is 11.5 Å². The molecule has 0 saturated carbocycles. The van der Waals surface area contributed by atoms with Crippen molar-refractivity contribution < 1.29 is 14.3 Å². The van der Waals surface area contributed by atoms with Gasteiger partial charge in [0.2, 0.25) is 12.7 Å². The Labute approximate surface area is 156 Å². The Kier molecular flexibility index (Phi) is 4.57. The number of rotatable bonds is 5. The Morgan fingerprint density at radius 1 is 1.11 bits per heavy atom. The number of nitrogens with one attached hydrogen (secondary N) is 2. The fraction of sp³-hybridized carbons (Fsp3) is 0.150. The van der Waals surface area contributed by atoms with Gasteiger partial charge in [-0.2, -0.15) is 0 Å². The molecule has 0 unspecified atom stereocenters. The maximum atomic E-state index is 12.4. The molecule has 0 fully saturated rings. The van der Waals surface area contributed by atoms with Gasteiger partial charge in [0.25, 0.3) is 5.91 Å². The molecule has 1 amide bonds. The third-order valence-corrected chi connectivity index (χ3v) is 4.14. The molecule has 1 aliphatic rings. The second-order valence-electron chi connectivity index (χ2n) is 6.05. The number of benzene rings is 2. The zero-order chi connectivity index (χ0) is 18.6. The van der Waals surface area contributed by atoms with Gasteiger partial charge in [-0.05, 0) is 36.8 Å². The van der Waals surface area contributed by atoms with Crippen LogP contribution in [0.2, 0.25) is 0 Å². The van der Waals surface area contributed by atoms with Crippen LogP contribution >= 0.6 is 0 Å². The zero-order valence-electron chi connectivity index (χ0n) is 14.7. The van der Waals surface area contributed by atoms with Gasteiger partial charge in [-0.25, -0.2) is 9.97 Å². The van der Waals surface area contributed by atoms with E-state index in [1.54, 1.807) is 6.92 Å². The minimum Gasteiger partial charge on any atom is -0.454 e. The summed E-state index contributed by atoms with van der Waals surface area (Å²) in [6.45, 7) is 2.57. The molecule has 3 aromatic rings. The smallest absolute Gasteiger partial charge is 0.259 e. The second-order valence-corrected chi connectivity index (χ2v) is 6.05. The number of ether oxygens (including phenoxy) is 2. The van der Waals surface area contributed by atoms with Gasteiger partial charge in [0.15, 0.2) is 11.5 Å². The van der Waals surface area contributed by atoms with Crippen molar-refractivity contribution in [2.75, 3.05) is 17.4 Å². The SMILES string of the molecule is Cc1nc(NCc2ccc3c(c2)OCO3)ncc1C(=O)Nc1ccccc1. The van der Waals surface area contributed by atoms with E-state index >= 15 is 0 Å². The first kappa shape index (κ1) is 16.8. The van der Waals surface area contributed by atoms with E-state index in [2.05, 4.69) is 20.6 Å². The van der Waals surface area contributed by atoms with Crippen molar-refractivity contribution in [2.24, 2.45) is 0 Å². The van der Waals surface area contributed by atoms with Crippen LogP contribution in [0.25, 0.3) is 0 Å². The first-order valence-corrected chi connectivity index (χ1v) is 8.51. The molecular weight excluding hydrogens is 344 g/mol. The molecule has 7 nitrogen and oxygen atoms in total. The average Bonchev–Trinajstić information content (AvgIpc) is 3.15. The van der Waals surface area contributed by atoms with Gasteiger partial charge < -0.3 is 20.1 Å². The Morgan fingerprint density at radius 2 is 1.93 bits per heavy atom. The largest absolute Gasteiger partial charge is 0.454 e. The topological polar surface area (TPSA) is 85.4 Å². The Bertz CT molecular complexity index is 976. The van der Waals surface area contributed by atoms with Gasteiger partial charge in [0, 0.05) is 18.4 Å². The van der Waals surface area contributed by atoms with Crippen LogP contribution < -0.4 is 20.1 Å². The van der Waals surface area contributed by atoms with Crippen molar-refractivity contribution in [2.45, 2.75) is 13.5 Å². The van der Waals surface area contributed by atoms with E-state index in [1.807, 2.05) is 48.5 Å². The highest BCUT2D eigenvalue weighted by atomic mass is 16.7. The van der Waals surface area contributed by atoms with Crippen LogP contribution in [0, 0.1) is 6.92 Å². The molecule has 0 saturated heterocycles. The van der Waals surface area contributed by atoms with Crippen LogP contribution in [0.3, 0.4) is 0 Å². The second kappa shape index (κ2) is 7.33. The van der Waals surface area contributed by atoms with Crippen molar-refractivity contribution in [1.29, 1.82) is 0 Å². The molecule has 0 spiro atoms. The number of aromatic nitrogens is 2. The summed E-state index contributed by atoms with van der Waals surface area (Å²) in [4.78, 5) is 21.0. The zero-order valence-corrected chi connectivity index (χ0v) is 14.7. The van der Waals surface area contributed by atoms with Crippen LogP contribution in [0.15, 0.2) is 54.7 Å². The molecule has 2 aromatic carbocycles. The lowest BCUT2D eigenvalue weighted by Crippen LogP contribution is -2.15. The molecule has 1 aromatic heterocycles. The summed E-state index contributed by atoms with van der Waals surface area (Å²) in [5, 5.41) is 5.99. The van der Waals surface area contributed by atoms with Crippen molar-refractivity contribution in [3.05, 3.63) is 71.5 Å². The third-order valence-electron chi connectivity index (χ3n) is 4.14. The molecule has 2 heterocycles. The highest BCUT2D eigenvalue weighted by molar-refractivity contribution is 6.04. The van der Waals surface area contributed by atoms with Gasteiger partial charge in [-0.15, -0.1) is 0 Å². The minimum atomic E-state index is -0.235. The lowest BCUT2D eigenvalue weighted by Gasteiger charge is -2.10. The summed E-state index contributed by atoms with van der Waals surface area (Å²) in [6, 6.07) is 15.0. The normalized spacial score (nSPS) is 11.9. The van der Waals surface area contributed by atoms with Gasteiger partial charge in [0.05, 0.1) is 11.3 Å². The maximum Gasteiger partial charge on any atom is 0.259 e. The molecule has 7 heteroatoms. The van der Waals surface area contributed by atoms with E-state index in [0.717, 1.165) is 22.7 Å². The predicted octanol–water partition coefficient (Wildman–Crippen LogP) is 3.38. The number of hydrogen-bond donors (Lipinski definition) is 2. The van der Waals surface area contributed by atoms with Crippen molar-refractivity contribution in [3.63, 3.8) is 0 Å². The standard InChI is InChI=1S/C20H18N4O3/c1-13-16(19(25)24-15-5-3-2-4-6-15)11-22-20(23-13)21-10-14-7-8-17-18(9-14)27-12-26-17/h2-9,11H,10,12H2,1H3,(H,24,25)(H,21,22,23). The molecule has 136 valence electrons. The number of carbonyl (C=O) groups excluding carboxylic acids is 1. The number of anilines is 2.